The van der Waals surface area contributed by atoms with E-state index < -0.39 is 0 Å². The predicted molar refractivity (Wildman–Crippen MR) is 107 cm³/mol. The number of hydrogen-bond acceptors (Lipinski definition) is 3. The lowest BCUT2D eigenvalue weighted by molar-refractivity contribution is -0.132. The molecular formula is C18H26BrClN2OS. The molecule has 0 aromatic heterocycles. The van der Waals surface area contributed by atoms with E-state index in [0.717, 1.165) is 42.1 Å². The topological polar surface area (TPSA) is 32.3 Å². The van der Waals surface area contributed by atoms with Gasteiger partial charge in [-0.1, -0.05) is 15.9 Å². The fraction of sp³-hybridized carbons (Fsp3) is 0.611. The first-order valence-corrected chi connectivity index (χ1v) is 10.3. The molecule has 3 rings (SSSR count). The van der Waals surface area contributed by atoms with Gasteiger partial charge in [0, 0.05) is 28.6 Å². The van der Waals surface area contributed by atoms with Gasteiger partial charge in [-0.3, -0.25) is 4.79 Å². The van der Waals surface area contributed by atoms with Crippen molar-refractivity contribution in [3.8, 4) is 0 Å². The second-order valence-corrected chi connectivity index (χ2v) is 8.62. The summed E-state index contributed by atoms with van der Waals surface area (Å²) in [6.45, 7) is 2.21. The first-order valence-electron chi connectivity index (χ1n) is 8.54. The summed E-state index contributed by atoms with van der Waals surface area (Å²) >= 11 is 5.47. The predicted octanol–water partition coefficient (Wildman–Crippen LogP) is 4.65. The van der Waals surface area contributed by atoms with Gasteiger partial charge in [0.1, 0.15) is 0 Å². The zero-order chi connectivity index (χ0) is 16.2. The monoisotopic (exact) mass is 432 g/mol. The van der Waals surface area contributed by atoms with E-state index in [2.05, 4.69) is 39.4 Å². The maximum atomic E-state index is 12.7. The summed E-state index contributed by atoms with van der Waals surface area (Å²) in [4.78, 5) is 16.0. The summed E-state index contributed by atoms with van der Waals surface area (Å²) in [5, 5.41) is 3.39. The molecule has 0 spiro atoms. The number of amides is 1. The highest BCUT2D eigenvalue weighted by Gasteiger charge is 2.27. The van der Waals surface area contributed by atoms with Crippen molar-refractivity contribution in [3.05, 3.63) is 28.2 Å². The van der Waals surface area contributed by atoms with Gasteiger partial charge in [0.15, 0.2) is 0 Å². The smallest absolute Gasteiger partial charge is 0.222 e. The number of nitrogens with one attached hydrogen (secondary N) is 1. The van der Waals surface area contributed by atoms with Gasteiger partial charge in [-0.05, 0) is 68.5 Å². The third-order valence-electron chi connectivity index (χ3n) is 5.07. The lowest BCUT2D eigenvalue weighted by Crippen LogP contribution is -2.34. The Morgan fingerprint density at radius 2 is 2.08 bits per heavy atom. The number of thioether (sulfide) groups is 1. The van der Waals surface area contributed by atoms with E-state index in [9.17, 15) is 4.79 Å². The molecule has 6 heteroatoms. The standard InChI is InChI=1S/C18H25BrN2OS.ClH/c1-21(18(22)5-2-13-6-9-20-10-7-13)16-8-11-23-17-4-3-14(19)12-15(16)17;/h3-4,12-13,16,20H,2,5-11H2,1H3;1H. The van der Waals surface area contributed by atoms with Crippen molar-refractivity contribution in [2.24, 2.45) is 5.92 Å². The number of halogens is 2. The van der Waals surface area contributed by atoms with Crippen molar-refractivity contribution in [3.63, 3.8) is 0 Å². The number of piperidine rings is 1. The molecule has 24 heavy (non-hydrogen) atoms. The second kappa shape index (κ2) is 9.46. The third kappa shape index (κ3) is 4.90. The number of carbonyl (C=O) groups is 1. The Balaban J connectivity index is 0.00000208. The maximum absolute atomic E-state index is 12.7. The molecule has 0 aliphatic carbocycles. The molecule has 134 valence electrons. The number of nitrogens with zero attached hydrogens (tertiary/aromatic N) is 1. The van der Waals surface area contributed by atoms with Crippen LogP contribution in [0.4, 0.5) is 0 Å². The van der Waals surface area contributed by atoms with Crippen LogP contribution in [0.15, 0.2) is 27.6 Å². The average Bonchev–Trinajstić information content (AvgIpc) is 2.59. The molecule has 1 fully saturated rings. The van der Waals surface area contributed by atoms with Crippen molar-refractivity contribution < 1.29 is 4.79 Å². The van der Waals surface area contributed by atoms with E-state index in [1.807, 2.05) is 23.7 Å². The van der Waals surface area contributed by atoms with Gasteiger partial charge in [-0.25, -0.2) is 0 Å². The molecule has 1 unspecified atom stereocenters. The Morgan fingerprint density at radius 3 is 2.83 bits per heavy atom. The van der Waals surface area contributed by atoms with Gasteiger partial charge >= 0.3 is 0 Å². The van der Waals surface area contributed by atoms with E-state index in [4.69, 9.17) is 0 Å². The van der Waals surface area contributed by atoms with Crippen LogP contribution in [0.25, 0.3) is 0 Å². The van der Waals surface area contributed by atoms with Gasteiger partial charge in [-0.15, -0.1) is 24.2 Å². The van der Waals surface area contributed by atoms with E-state index in [1.165, 1.54) is 23.3 Å². The quantitative estimate of drug-likeness (QED) is 0.750. The van der Waals surface area contributed by atoms with Gasteiger partial charge in [0.25, 0.3) is 0 Å². The number of rotatable bonds is 4. The number of carbonyl (C=O) groups excluding carboxylic acids is 1. The first kappa shape index (κ1) is 20.1. The largest absolute Gasteiger partial charge is 0.339 e. The van der Waals surface area contributed by atoms with Crippen molar-refractivity contribution >= 4 is 46.0 Å². The number of hydrogen-bond donors (Lipinski definition) is 1. The van der Waals surface area contributed by atoms with E-state index in [-0.39, 0.29) is 18.4 Å². The highest BCUT2D eigenvalue weighted by Crippen LogP contribution is 2.40. The van der Waals surface area contributed by atoms with E-state index >= 15 is 0 Å². The van der Waals surface area contributed by atoms with Crippen LogP contribution in [0.5, 0.6) is 0 Å². The number of benzene rings is 1. The Morgan fingerprint density at radius 1 is 1.33 bits per heavy atom. The highest BCUT2D eigenvalue weighted by atomic mass is 79.9. The summed E-state index contributed by atoms with van der Waals surface area (Å²) in [5.74, 6) is 2.11. The fourth-order valence-electron chi connectivity index (χ4n) is 3.60. The van der Waals surface area contributed by atoms with Gasteiger partial charge in [-0.2, -0.15) is 0 Å². The normalized spacial score (nSPS) is 20.8. The lowest BCUT2D eigenvalue weighted by Gasteiger charge is -2.33. The van der Waals surface area contributed by atoms with Gasteiger partial charge in [0.2, 0.25) is 5.91 Å². The summed E-state index contributed by atoms with van der Waals surface area (Å²) in [6.07, 6.45) is 5.20. The average molecular weight is 434 g/mol. The summed E-state index contributed by atoms with van der Waals surface area (Å²) in [7, 11) is 1.98. The molecule has 3 nitrogen and oxygen atoms in total. The molecule has 1 amide bonds. The zero-order valence-electron chi connectivity index (χ0n) is 14.1. The minimum absolute atomic E-state index is 0. The fourth-order valence-corrected chi connectivity index (χ4v) is 5.06. The first-order chi connectivity index (χ1) is 11.1. The molecule has 2 heterocycles. The minimum atomic E-state index is 0. The van der Waals surface area contributed by atoms with E-state index in [0.29, 0.717) is 12.3 Å². The molecule has 1 atom stereocenters. The van der Waals surface area contributed by atoms with Crippen molar-refractivity contribution in [1.82, 2.24) is 10.2 Å². The Hall–Kier alpha value is -0.230. The Labute approximate surface area is 163 Å². The SMILES string of the molecule is CN(C(=O)CCC1CCNCC1)C1CCSc2ccc(Br)cc21.Cl. The summed E-state index contributed by atoms with van der Waals surface area (Å²) in [6, 6.07) is 6.67. The van der Waals surface area contributed by atoms with Crippen LogP contribution < -0.4 is 5.32 Å². The van der Waals surface area contributed by atoms with Gasteiger partial charge < -0.3 is 10.2 Å². The van der Waals surface area contributed by atoms with Crippen LogP contribution in [-0.2, 0) is 4.79 Å². The van der Waals surface area contributed by atoms with Crippen molar-refractivity contribution in [1.29, 1.82) is 0 Å². The molecular weight excluding hydrogens is 408 g/mol. The Bertz CT molecular complexity index is 566. The molecule has 2 aliphatic heterocycles. The van der Waals surface area contributed by atoms with Crippen LogP contribution >= 0.6 is 40.1 Å². The molecule has 2 aliphatic rings. The van der Waals surface area contributed by atoms with Crippen LogP contribution in [0.3, 0.4) is 0 Å². The van der Waals surface area contributed by atoms with Gasteiger partial charge in [0.05, 0.1) is 6.04 Å². The molecule has 1 aromatic carbocycles. The van der Waals surface area contributed by atoms with Crippen LogP contribution in [-0.4, -0.2) is 36.7 Å². The molecule has 1 N–H and O–H groups in total. The second-order valence-electron chi connectivity index (χ2n) is 6.57. The summed E-state index contributed by atoms with van der Waals surface area (Å²) in [5.41, 5.74) is 1.30. The zero-order valence-corrected chi connectivity index (χ0v) is 17.3. The highest BCUT2D eigenvalue weighted by molar-refractivity contribution is 9.10. The lowest BCUT2D eigenvalue weighted by atomic mass is 9.92. The van der Waals surface area contributed by atoms with Crippen LogP contribution in [0.2, 0.25) is 0 Å². The molecule has 0 saturated carbocycles. The molecule has 0 bridgehead atoms. The summed E-state index contributed by atoms with van der Waals surface area (Å²) < 4.78 is 1.10. The van der Waals surface area contributed by atoms with Crippen LogP contribution in [0, 0.1) is 5.92 Å². The molecule has 1 aromatic rings. The Kier molecular flexibility index (Phi) is 7.92. The van der Waals surface area contributed by atoms with Crippen molar-refractivity contribution in [2.45, 2.75) is 43.0 Å². The van der Waals surface area contributed by atoms with E-state index in [1.54, 1.807) is 0 Å². The third-order valence-corrected chi connectivity index (χ3v) is 6.68. The number of fused-ring (bicyclic) bond motifs is 1. The minimum Gasteiger partial charge on any atom is -0.339 e. The molecule has 0 radical (unpaired) electrons. The van der Waals surface area contributed by atoms with Crippen molar-refractivity contribution in [2.75, 3.05) is 25.9 Å². The van der Waals surface area contributed by atoms with Crippen LogP contribution in [0.1, 0.15) is 43.7 Å². The maximum Gasteiger partial charge on any atom is 0.222 e. The molecule has 1 saturated heterocycles.